The third kappa shape index (κ3) is 5.09. The molecular weight excluding hydrogens is 510 g/mol. The summed E-state index contributed by atoms with van der Waals surface area (Å²) in [6.07, 6.45) is -4.76. The first kappa shape index (κ1) is 24.5. The van der Waals surface area contributed by atoms with Crippen LogP contribution in [0, 0.1) is 0 Å². The number of sulfonamides is 1. The average molecular weight is 525 g/mol. The minimum atomic E-state index is -4.76. The number of alkyl halides is 3. The zero-order chi connectivity index (χ0) is 23.7. The number of halogens is 6. The highest BCUT2D eigenvalue weighted by Gasteiger charge is 2.35. The van der Waals surface area contributed by atoms with Crippen LogP contribution in [-0.2, 0) is 22.7 Å². The third-order valence-corrected chi connectivity index (χ3v) is 7.34. The molecule has 3 rings (SSSR count). The van der Waals surface area contributed by atoms with Crippen LogP contribution in [0.1, 0.15) is 11.1 Å². The Morgan fingerprint density at radius 2 is 1.62 bits per heavy atom. The van der Waals surface area contributed by atoms with Crippen LogP contribution < -0.4 is 9.04 Å². The summed E-state index contributed by atoms with van der Waals surface area (Å²) in [4.78, 5) is -0.704. The summed E-state index contributed by atoms with van der Waals surface area (Å²) >= 11 is 18.2. The molecule has 0 bridgehead atoms. The van der Waals surface area contributed by atoms with Gasteiger partial charge in [-0.1, -0.05) is 53.0 Å². The Balaban J connectivity index is 2.23. The molecule has 0 spiro atoms. The first-order valence-electron chi connectivity index (χ1n) is 8.91. The van der Waals surface area contributed by atoms with Crippen molar-refractivity contribution in [2.24, 2.45) is 0 Å². The number of para-hydroxylation sites is 2. The lowest BCUT2D eigenvalue weighted by Gasteiger charge is -2.27. The summed E-state index contributed by atoms with van der Waals surface area (Å²) in [7, 11) is -3.25. The fourth-order valence-electron chi connectivity index (χ4n) is 2.94. The molecule has 0 aliphatic carbocycles. The molecule has 0 aliphatic heterocycles. The van der Waals surface area contributed by atoms with Gasteiger partial charge in [0.15, 0.2) is 0 Å². The highest BCUT2D eigenvalue weighted by molar-refractivity contribution is 7.93. The normalized spacial score (nSPS) is 12.0. The van der Waals surface area contributed by atoms with E-state index in [1.54, 1.807) is 12.1 Å². The van der Waals surface area contributed by atoms with Crippen LogP contribution in [0.5, 0.6) is 5.75 Å². The molecule has 32 heavy (non-hydrogen) atoms. The lowest BCUT2D eigenvalue weighted by molar-refractivity contribution is -0.137. The van der Waals surface area contributed by atoms with Crippen molar-refractivity contribution in [2.75, 3.05) is 11.4 Å². The van der Waals surface area contributed by atoms with E-state index < -0.39 is 26.7 Å². The summed E-state index contributed by atoms with van der Waals surface area (Å²) in [6.45, 7) is -0.314. The summed E-state index contributed by atoms with van der Waals surface area (Å²) < 4.78 is 73.2. The predicted molar refractivity (Wildman–Crippen MR) is 119 cm³/mol. The number of methoxy groups -OCH3 is 1. The van der Waals surface area contributed by atoms with Gasteiger partial charge in [0, 0.05) is 10.0 Å². The van der Waals surface area contributed by atoms with Crippen molar-refractivity contribution in [1.82, 2.24) is 0 Å². The average Bonchev–Trinajstić information content (AvgIpc) is 2.72. The number of rotatable bonds is 6. The highest BCUT2D eigenvalue weighted by atomic mass is 35.5. The van der Waals surface area contributed by atoms with Gasteiger partial charge in [0.2, 0.25) is 0 Å². The highest BCUT2D eigenvalue weighted by Crippen LogP contribution is 2.39. The Kier molecular flexibility index (Phi) is 7.19. The molecule has 0 radical (unpaired) electrons. The zero-order valence-electron chi connectivity index (χ0n) is 16.3. The van der Waals surface area contributed by atoms with Gasteiger partial charge in [-0.05, 0) is 48.0 Å². The molecule has 0 N–H and O–H groups in total. The minimum Gasteiger partial charge on any atom is -0.495 e. The number of anilines is 1. The van der Waals surface area contributed by atoms with Crippen LogP contribution in [0.4, 0.5) is 18.9 Å². The van der Waals surface area contributed by atoms with E-state index in [4.69, 9.17) is 39.5 Å². The molecule has 0 atom stereocenters. The van der Waals surface area contributed by atoms with Gasteiger partial charge in [-0.15, -0.1) is 0 Å². The van der Waals surface area contributed by atoms with Crippen molar-refractivity contribution in [1.29, 1.82) is 0 Å². The molecule has 0 unspecified atom stereocenters. The van der Waals surface area contributed by atoms with Crippen LogP contribution in [0.15, 0.2) is 65.6 Å². The second-order valence-electron chi connectivity index (χ2n) is 6.56. The van der Waals surface area contributed by atoms with Gasteiger partial charge in [0.1, 0.15) is 10.6 Å². The Morgan fingerprint density at radius 1 is 0.938 bits per heavy atom. The monoisotopic (exact) mass is 523 g/mol. The SMILES string of the molecule is COc1ccccc1N(Cc1ccc(Cl)cc1Cl)S(=O)(=O)c1cc(C(F)(F)F)ccc1Cl. The van der Waals surface area contributed by atoms with Crippen LogP contribution in [0.3, 0.4) is 0 Å². The first-order chi connectivity index (χ1) is 14.9. The molecule has 4 nitrogen and oxygen atoms in total. The van der Waals surface area contributed by atoms with Crippen LogP contribution in [0.25, 0.3) is 0 Å². The number of ether oxygens (including phenoxy) is 1. The van der Waals surface area contributed by atoms with E-state index in [-0.39, 0.29) is 28.0 Å². The van der Waals surface area contributed by atoms with E-state index >= 15 is 0 Å². The van der Waals surface area contributed by atoms with Gasteiger partial charge in [0.25, 0.3) is 10.0 Å². The summed E-state index contributed by atoms with van der Waals surface area (Å²) in [5, 5.41) is 0.161. The molecule has 11 heteroatoms. The molecule has 0 aliphatic rings. The maximum atomic E-state index is 13.6. The van der Waals surface area contributed by atoms with E-state index in [0.717, 1.165) is 10.4 Å². The standard InChI is InChI=1S/C21H15Cl3F3NO3S/c1-31-19-5-3-2-4-18(19)28(12-13-6-8-15(22)11-17(13)24)32(29,30)20-10-14(21(25,26)27)7-9-16(20)23/h2-11H,12H2,1H3. The van der Waals surface area contributed by atoms with E-state index in [2.05, 4.69) is 0 Å². The fraction of sp³-hybridized carbons (Fsp3) is 0.143. The number of benzene rings is 3. The fourth-order valence-corrected chi connectivity index (χ4v) is 5.36. The summed E-state index contributed by atoms with van der Waals surface area (Å²) in [5.41, 5.74) is -0.687. The first-order valence-corrected chi connectivity index (χ1v) is 11.5. The van der Waals surface area contributed by atoms with Crippen LogP contribution in [-0.4, -0.2) is 15.5 Å². The second kappa shape index (κ2) is 9.39. The molecule has 0 heterocycles. The van der Waals surface area contributed by atoms with Crippen LogP contribution >= 0.6 is 34.8 Å². The molecule has 3 aromatic carbocycles. The Labute approximate surface area is 198 Å². The summed E-state index contributed by atoms with van der Waals surface area (Å²) in [6, 6.07) is 12.8. The van der Waals surface area contributed by atoms with Crippen molar-refractivity contribution in [3.05, 3.63) is 86.9 Å². The van der Waals surface area contributed by atoms with E-state index in [0.29, 0.717) is 22.7 Å². The molecule has 0 saturated heterocycles. The van der Waals surface area contributed by atoms with Gasteiger partial charge in [-0.25, -0.2) is 8.42 Å². The van der Waals surface area contributed by atoms with Gasteiger partial charge in [-0.3, -0.25) is 4.31 Å². The largest absolute Gasteiger partial charge is 0.495 e. The van der Waals surface area contributed by atoms with Crippen molar-refractivity contribution in [2.45, 2.75) is 17.6 Å². The Hall–Kier alpha value is -2.13. The Morgan fingerprint density at radius 3 is 2.25 bits per heavy atom. The van der Waals surface area contributed by atoms with E-state index in [1.165, 1.54) is 37.4 Å². The smallest absolute Gasteiger partial charge is 0.416 e. The van der Waals surface area contributed by atoms with Crippen LogP contribution in [0.2, 0.25) is 15.1 Å². The van der Waals surface area contributed by atoms with Crippen molar-refractivity contribution in [3.8, 4) is 5.75 Å². The Bertz CT molecular complexity index is 1250. The zero-order valence-corrected chi connectivity index (χ0v) is 19.4. The predicted octanol–water partition coefficient (Wildman–Crippen LogP) is 7.07. The topological polar surface area (TPSA) is 46.6 Å². The molecule has 0 aromatic heterocycles. The molecule has 0 saturated carbocycles. The quantitative estimate of drug-likeness (QED) is 0.346. The van der Waals surface area contributed by atoms with Crippen molar-refractivity contribution in [3.63, 3.8) is 0 Å². The summed E-state index contributed by atoms with van der Waals surface area (Å²) in [5.74, 6) is 0.184. The maximum Gasteiger partial charge on any atom is 0.416 e. The van der Waals surface area contributed by atoms with Gasteiger partial charge >= 0.3 is 6.18 Å². The number of hydrogen-bond donors (Lipinski definition) is 0. The van der Waals surface area contributed by atoms with Crippen molar-refractivity contribution < 1.29 is 26.3 Å². The maximum absolute atomic E-state index is 13.6. The molecule has 3 aromatic rings. The number of hydrogen-bond acceptors (Lipinski definition) is 3. The van der Waals surface area contributed by atoms with Crippen molar-refractivity contribution >= 4 is 50.5 Å². The van der Waals surface area contributed by atoms with Gasteiger partial charge < -0.3 is 4.74 Å². The molecule has 170 valence electrons. The molecular formula is C21H15Cl3F3NO3S. The molecule has 0 fully saturated rings. The minimum absolute atomic E-state index is 0.0921. The van der Waals surface area contributed by atoms with E-state index in [9.17, 15) is 21.6 Å². The lowest BCUT2D eigenvalue weighted by atomic mass is 10.2. The van der Waals surface area contributed by atoms with Gasteiger partial charge in [0.05, 0.1) is 29.9 Å². The van der Waals surface area contributed by atoms with Gasteiger partial charge in [-0.2, -0.15) is 13.2 Å². The second-order valence-corrected chi connectivity index (χ2v) is 9.64. The lowest BCUT2D eigenvalue weighted by Crippen LogP contribution is -2.31. The number of nitrogens with zero attached hydrogens (tertiary/aromatic N) is 1. The molecule has 0 amide bonds. The van der Waals surface area contributed by atoms with E-state index in [1.807, 2.05) is 0 Å². The third-order valence-electron chi connectivity index (χ3n) is 4.51.